The molecule has 0 aliphatic heterocycles. The molecule has 0 aromatic carbocycles. The Balaban J connectivity index is 2.30. The molecule has 0 spiro atoms. The number of nitrogens with zero attached hydrogens (tertiary/aromatic N) is 1. The summed E-state index contributed by atoms with van der Waals surface area (Å²) in [5, 5.41) is 3.05. The first-order chi connectivity index (χ1) is 8.19. The molecule has 1 fully saturated rings. The van der Waals surface area contributed by atoms with Crippen molar-refractivity contribution in [2.24, 2.45) is 17.6 Å². The summed E-state index contributed by atoms with van der Waals surface area (Å²) in [6.45, 7) is 5.45. The molecule has 1 aliphatic rings. The van der Waals surface area contributed by atoms with E-state index in [4.69, 9.17) is 5.73 Å². The zero-order valence-corrected chi connectivity index (χ0v) is 11.2. The molecule has 2 atom stereocenters. The SMILES string of the molecule is CCN(C)CCNC(=O)C1CCCCC1CN. The van der Waals surface area contributed by atoms with Gasteiger partial charge in [0.15, 0.2) is 0 Å². The van der Waals surface area contributed by atoms with Crippen molar-refractivity contribution in [1.82, 2.24) is 10.2 Å². The third kappa shape index (κ3) is 4.64. The molecule has 1 saturated carbocycles. The van der Waals surface area contributed by atoms with Crippen molar-refractivity contribution in [3.63, 3.8) is 0 Å². The van der Waals surface area contributed by atoms with E-state index < -0.39 is 0 Å². The lowest BCUT2D eigenvalue weighted by Gasteiger charge is -2.29. The van der Waals surface area contributed by atoms with E-state index >= 15 is 0 Å². The molecular formula is C13H27N3O. The van der Waals surface area contributed by atoms with Crippen LogP contribution in [0.3, 0.4) is 0 Å². The van der Waals surface area contributed by atoms with E-state index in [2.05, 4.69) is 24.2 Å². The Hall–Kier alpha value is -0.610. The van der Waals surface area contributed by atoms with Gasteiger partial charge in [-0.1, -0.05) is 19.8 Å². The molecular weight excluding hydrogens is 214 g/mol. The van der Waals surface area contributed by atoms with Crippen LogP contribution in [0, 0.1) is 11.8 Å². The van der Waals surface area contributed by atoms with E-state index in [1.807, 2.05) is 0 Å². The van der Waals surface area contributed by atoms with Gasteiger partial charge >= 0.3 is 0 Å². The Morgan fingerprint density at radius 2 is 2.12 bits per heavy atom. The summed E-state index contributed by atoms with van der Waals surface area (Å²) < 4.78 is 0. The molecule has 1 amide bonds. The summed E-state index contributed by atoms with van der Waals surface area (Å²) in [6.07, 6.45) is 4.52. The van der Waals surface area contributed by atoms with Crippen molar-refractivity contribution in [2.75, 3.05) is 33.2 Å². The van der Waals surface area contributed by atoms with Crippen LogP contribution >= 0.6 is 0 Å². The van der Waals surface area contributed by atoms with E-state index in [1.165, 1.54) is 12.8 Å². The van der Waals surface area contributed by atoms with E-state index in [0.29, 0.717) is 12.5 Å². The van der Waals surface area contributed by atoms with Crippen LogP contribution < -0.4 is 11.1 Å². The maximum atomic E-state index is 12.1. The van der Waals surface area contributed by atoms with Crippen molar-refractivity contribution in [3.05, 3.63) is 0 Å². The average molecular weight is 241 g/mol. The Kier molecular flexibility index (Phi) is 6.52. The van der Waals surface area contributed by atoms with Crippen LogP contribution in [0.4, 0.5) is 0 Å². The maximum absolute atomic E-state index is 12.1. The molecule has 0 bridgehead atoms. The van der Waals surface area contributed by atoms with Crippen LogP contribution in [-0.2, 0) is 4.79 Å². The minimum atomic E-state index is 0.153. The smallest absolute Gasteiger partial charge is 0.223 e. The number of nitrogens with one attached hydrogen (secondary N) is 1. The van der Waals surface area contributed by atoms with Gasteiger partial charge in [0, 0.05) is 19.0 Å². The summed E-state index contributed by atoms with van der Waals surface area (Å²) in [5.41, 5.74) is 5.74. The molecule has 0 aromatic heterocycles. The molecule has 0 radical (unpaired) electrons. The highest BCUT2D eigenvalue weighted by molar-refractivity contribution is 5.79. The molecule has 100 valence electrons. The molecule has 4 nitrogen and oxygen atoms in total. The fourth-order valence-corrected chi connectivity index (χ4v) is 2.49. The maximum Gasteiger partial charge on any atom is 0.223 e. The third-order valence-corrected chi connectivity index (χ3v) is 3.88. The van der Waals surface area contributed by atoms with Gasteiger partial charge in [-0.2, -0.15) is 0 Å². The second-order valence-electron chi connectivity index (χ2n) is 5.07. The topological polar surface area (TPSA) is 58.4 Å². The van der Waals surface area contributed by atoms with E-state index in [1.54, 1.807) is 0 Å². The van der Waals surface area contributed by atoms with E-state index in [9.17, 15) is 4.79 Å². The zero-order valence-electron chi connectivity index (χ0n) is 11.2. The van der Waals surface area contributed by atoms with Crippen molar-refractivity contribution in [3.8, 4) is 0 Å². The normalized spacial score (nSPS) is 24.9. The van der Waals surface area contributed by atoms with Crippen LogP contribution in [0.25, 0.3) is 0 Å². The number of carbonyl (C=O) groups excluding carboxylic acids is 1. The average Bonchev–Trinajstić information content (AvgIpc) is 2.38. The van der Waals surface area contributed by atoms with Crippen LogP contribution in [-0.4, -0.2) is 44.0 Å². The Morgan fingerprint density at radius 1 is 1.41 bits per heavy atom. The molecule has 1 aliphatic carbocycles. The fraction of sp³-hybridized carbons (Fsp3) is 0.923. The molecule has 3 N–H and O–H groups in total. The van der Waals surface area contributed by atoms with Crippen LogP contribution in [0.2, 0.25) is 0 Å². The van der Waals surface area contributed by atoms with Gasteiger partial charge in [-0.25, -0.2) is 0 Å². The molecule has 1 rings (SSSR count). The molecule has 17 heavy (non-hydrogen) atoms. The minimum absolute atomic E-state index is 0.153. The summed E-state index contributed by atoms with van der Waals surface area (Å²) in [4.78, 5) is 14.2. The van der Waals surface area contributed by atoms with Crippen LogP contribution in [0.15, 0.2) is 0 Å². The Bertz CT molecular complexity index is 233. The Morgan fingerprint density at radius 3 is 2.76 bits per heavy atom. The van der Waals surface area contributed by atoms with Crippen molar-refractivity contribution < 1.29 is 4.79 Å². The van der Waals surface area contributed by atoms with Gasteiger partial charge in [0.1, 0.15) is 0 Å². The van der Waals surface area contributed by atoms with Gasteiger partial charge in [-0.3, -0.25) is 4.79 Å². The highest BCUT2D eigenvalue weighted by Crippen LogP contribution is 2.29. The lowest BCUT2D eigenvalue weighted by atomic mass is 9.79. The van der Waals surface area contributed by atoms with Crippen LogP contribution in [0.5, 0.6) is 0 Å². The fourth-order valence-electron chi connectivity index (χ4n) is 2.49. The summed E-state index contributed by atoms with van der Waals surface area (Å²) in [6, 6.07) is 0. The number of carbonyl (C=O) groups is 1. The first-order valence-electron chi connectivity index (χ1n) is 6.85. The van der Waals surface area contributed by atoms with Crippen molar-refractivity contribution >= 4 is 5.91 Å². The van der Waals surface area contributed by atoms with Gasteiger partial charge < -0.3 is 16.0 Å². The molecule has 0 saturated heterocycles. The zero-order chi connectivity index (χ0) is 12.7. The number of rotatable bonds is 6. The molecule has 2 unspecified atom stereocenters. The van der Waals surface area contributed by atoms with Gasteiger partial charge in [0.05, 0.1) is 0 Å². The second-order valence-corrected chi connectivity index (χ2v) is 5.07. The van der Waals surface area contributed by atoms with Crippen molar-refractivity contribution in [2.45, 2.75) is 32.6 Å². The monoisotopic (exact) mass is 241 g/mol. The van der Waals surface area contributed by atoms with Crippen LogP contribution in [0.1, 0.15) is 32.6 Å². The first kappa shape index (κ1) is 14.5. The van der Waals surface area contributed by atoms with Gasteiger partial charge in [-0.05, 0) is 38.9 Å². The lowest BCUT2D eigenvalue weighted by Crippen LogP contribution is -2.41. The Labute approximate surface area is 105 Å². The lowest BCUT2D eigenvalue weighted by molar-refractivity contribution is -0.127. The van der Waals surface area contributed by atoms with Crippen molar-refractivity contribution in [1.29, 1.82) is 0 Å². The standard InChI is InChI=1S/C13H27N3O/c1-3-16(2)9-8-15-13(17)12-7-5-4-6-11(12)10-14/h11-12H,3-10,14H2,1-2H3,(H,15,17). The summed E-state index contributed by atoms with van der Waals surface area (Å²) in [7, 11) is 2.06. The molecule has 0 heterocycles. The molecule has 0 aromatic rings. The highest BCUT2D eigenvalue weighted by Gasteiger charge is 2.29. The van der Waals surface area contributed by atoms with E-state index in [0.717, 1.165) is 32.5 Å². The summed E-state index contributed by atoms with van der Waals surface area (Å²) in [5.74, 6) is 0.762. The summed E-state index contributed by atoms with van der Waals surface area (Å²) >= 11 is 0. The van der Waals surface area contributed by atoms with E-state index in [-0.39, 0.29) is 11.8 Å². The number of hydrogen-bond donors (Lipinski definition) is 2. The predicted octanol–water partition coefficient (Wildman–Crippen LogP) is 0.819. The quantitative estimate of drug-likeness (QED) is 0.724. The second kappa shape index (κ2) is 7.67. The van der Waals surface area contributed by atoms with Gasteiger partial charge in [-0.15, -0.1) is 0 Å². The number of amides is 1. The van der Waals surface area contributed by atoms with Gasteiger partial charge in [0.2, 0.25) is 5.91 Å². The number of nitrogens with two attached hydrogens (primary N) is 1. The van der Waals surface area contributed by atoms with Gasteiger partial charge in [0.25, 0.3) is 0 Å². The largest absolute Gasteiger partial charge is 0.355 e. The highest BCUT2D eigenvalue weighted by atomic mass is 16.1. The molecule has 4 heteroatoms. The predicted molar refractivity (Wildman–Crippen MR) is 70.7 cm³/mol. The first-order valence-corrected chi connectivity index (χ1v) is 6.85. The minimum Gasteiger partial charge on any atom is -0.355 e. The number of hydrogen-bond acceptors (Lipinski definition) is 3. The third-order valence-electron chi connectivity index (χ3n) is 3.88. The number of likely N-dealkylation sites (N-methyl/N-ethyl adjacent to an activating group) is 1.